The predicted molar refractivity (Wildman–Crippen MR) is 73.9 cm³/mol. The Labute approximate surface area is 118 Å². The van der Waals surface area contributed by atoms with Crippen molar-refractivity contribution < 1.29 is 4.79 Å². The number of halogens is 2. The van der Waals surface area contributed by atoms with Gasteiger partial charge in [0.05, 0.1) is 4.47 Å². The number of aromatic nitrogens is 2. The van der Waals surface area contributed by atoms with Gasteiger partial charge in [0.1, 0.15) is 11.5 Å². The first-order valence-electron chi connectivity index (χ1n) is 5.11. The molecule has 4 nitrogen and oxygen atoms in total. The zero-order valence-electron chi connectivity index (χ0n) is 9.45. The van der Waals surface area contributed by atoms with Gasteiger partial charge in [0.2, 0.25) is 0 Å². The third-order valence-corrected chi connectivity index (χ3v) is 3.00. The number of rotatable bonds is 2. The van der Waals surface area contributed by atoms with Gasteiger partial charge in [0.25, 0.3) is 5.91 Å². The normalized spacial score (nSPS) is 10.2. The van der Waals surface area contributed by atoms with Crippen molar-refractivity contribution in [2.24, 2.45) is 0 Å². The lowest BCUT2D eigenvalue weighted by atomic mass is 10.3. The fraction of sp³-hybridized carbons (Fsp3) is 0.0833. The van der Waals surface area contributed by atoms with Gasteiger partial charge < -0.3 is 5.32 Å². The summed E-state index contributed by atoms with van der Waals surface area (Å²) in [4.78, 5) is 20.0. The third-order valence-electron chi connectivity index (χ3n) is 2.16. The molecule has 0 aliphatic heterocycles. The van der Waals surface area contributed by atoms with E-state index in [9.17, 15) is 4.79 Å². The van der Waals surface area contributed by atoms with Crippen molar-refractivity contribution in [1.29, 1.82) is 0 Å². The molecule has 0 aromatic carbocycles. The molecule has 18 heavy (non-hydrogen) atoms. The van der Waals surface area contributed by atoms with Gasteiger partial charge in [-0.3, -0.25) is 9.78 Å². The fourth-order valence-corrected chi connectivity index (χ4v) is 2.05. The lowest BCUT2D eigenvalue weighted by Gasteiger charge is -2.06. The molecule has 0 saturated carbocycles. The first-order valence-corrected chi connectivity index (χ1v) is 6.28. The highest BCUT2D eigenvalue weighted by Gasteiger charge is 2.10. The van der Waals surface area contributed by atoms with Crippen molar-refractivity contribution in [2.75, 3.05) is 5.32 Å². The van der Waals surface area contributed by atoms with Crippen LogP contribution in [0.5, 0.6) is 0 Å². The van der Waals surface area contributed by atoms with Crippen LogP contribution in [0.25, 0.3) is 0 Å². The standard InChI is InChI=1S/C12H9BrClN3O/c1-7-4-9(13)11(16-6-7)17-12(18)10-5-8(14)2-3-15-10/h2-6H,1H3,(H,16,17,18). The highest BCUT2D eigenvalue weighted by molar-refractivity contribution is 9.10. The van der Waals surface area contributed by atoms with Gasteiger partial charge in [0, 0.05) is 17.4 Å². The smallest absolute Gasteiger partial charge is 0.275 e. The number of nitrogens with zero attached hydrogens (tertiary/aromatic N) is 2. The van der Waals surface area contributed by atoms with Crippen LogP contribution < -0.4 is 5.32 Å². The molecule has 2 aromatic rings. The Morgan fingerprint density at radius 2 is 2.17 bits per heavy atom. The van der Waals surface area contributed by atoms with E-state index in [2.05, 4.69) is 31.2 Å². The first kappa shape index (κ1) is 13.0. The minimum atomic E-state index is -0.352. The topological polar surface area (TPSA) is 54.9 Å². The number of hydrogen-bond donors (Lipinski definition) is 1. The lowest BCUT2D eigenvalue weighted by Crippen LogP contribution is -2.14. The number of amides is 1. The second-order valence-corrected chi connectivity index (χ2v) is 4.95. The molecule has 2 aromatic heterocycles. The van der Waals surface area contributed by atoms with Crippen molar-refractivity contribution >= 4 is 39.3 Å². The SMILES string of the molecule is Cc1cnc(NC(=O)c2cc(Cl)ccn2)c(Br)c1. The van der Waals surface area contributed by atoms with Crippen LogP contribution in [0.4, 0.5) is 5.82 Å². The largest absolute Gasteiger partial charge is 0.304 e. The summed E-state index contributed by atoms with van der Waals surface area (Å²) >= 11 is 9.14. The number of nitrogens with one attached hydrogen (secondary N) is 1. The summed E-state index contributed by atoms with van der Waals surface area (Å²) in [5.74, 6) is 0.0990. The summed E-state index contributed by atoms with van der Waals surface area (Å²) in [7, 11) is 0. The Balaban J connectivity index is 2.21. The van der Waals surface area contributed by atoms with Crippen LogP contribution in [0.15, 0.2) is 35.1 Å². The average molecular weight is 327 g/mol. The van der Waals surface area contributed by atoms with Crippen molar-refractivity contribution in [1.82, 2.24) is 9.97 Å². The molecule has 2 heterocycles. The number of carbonyl (C=O) groups is 1. The molecule has 6 heteroatoms. The summed E-state index contributed by atoms with van der Waals surface area (Å²) in [6.45, 7) is 1.92. The van der Waals surface area contributed by atoms with E-state index in [0.717, 1.165) is 10.0 Å². The van der Waals surface area contributed by atoms with Crippen LogP contribution in [0.1, 0.15) is 16.1 Å². The van der Waals surface area contributed by atoms with Gasteiger partial charge >= 0.3 is 0 Å². The Morgan fingerprint density at radius 3 is 2.83 bits per heavy atom. The number of anilines is 1. The van der Waals surface area contributed by atoms with Crippen molar-refractivity contribution in [2.45, 2.75) is 6.92 Å². The summed E-state index contributed by atoms with van der Waals surface area (Å²) in [5, 5.41) is 3.13. The molecule has 1 N–H and O–H groups in total. The lowest BCUT2D eigenvalue weighted by molar-refractivity contribution is 0.102. The summed E-state index contributed by atoms with van der Waals surface area (Å²) in [6.07, 6.45) is 3.15. The predicted octanol–water partition coefficient (Wildman–Crippen LogP) is 3.45. The third kappa shape index (κ3) is 3.05. The van der Waals surface area contributed by atoms with E-state index in [-0.39, 0.29) is 11.6 Å². The van der Waals surface area contributed by atoms with Crippen LogP contribution >= 0.6 is 27.5 Å². The maximum absolute atomic E-state index is 11.9. The Hall–Kier alpha value is -1.46. The van der Waals surface area contributed by atoms with E-state index < -0.39 is 0 Å². The van der Waals surface area contributed by atoms with Crippen LogP contribution in [-0.4, -0.2) is 15.9 Å². The van der Waals surface area contributed by atoms with Gasteiger partial charge in [0.15, 0.2) is 0 Å². The van der Waals surface area contributed by atoms with E-state index in [0.29, 0.717) is 10.8 Å². The number of pyridine rings is 2. The number of hydrogen-bond acceptors (Lipinski definition) is 3. The van der Waals surface area contributed by atoms with E-state index in [1.807, 2.05) is 13.0 Å². The number of carbonyl (C=O) groups excluding carboxylic acids is 1. The van der Waals surface area contributed by atoms with Crippen molar-refractivity contribution in [3.05, 3.63) is 51.3 Å². The van der Waals surface area contributed by atoms with Gasteiger partial charge in [-0.25, -0.2) is 4.98 Å². The summed E-state index contributed by atoms with van der Waals surface area (Å²) in [5.41, 5.74) is 1.25. The highest BCUT2D eigenvalue weighted by atomic mass is 79.9. The second-order valence-electron chi connectivity index (χ2n) is 3.66. The molecule has 2 rings (SSSR count). The molecular weight excluding hydrogens is 318 g/mol. The van der Waals surface area contributed by atoms with Crippen LogP contribution in [0.2, 0.25) is 5.02 Å². The maximum atomic E-state index is 11.9. The van der Waals surface area contributed by atoms with Crippen LogP contribution in [-0.2, 0) is 0 Å². The highest BCUT2D eigenvalue weighted by Crippen LogP contribution is 2.21. The van der Waals surface area contributed by atoms with Crippen molar-refractivity contribution in [3.63, 3.8) is 0 Å². The summed E-state index contributed by atoms with van der Waals surface area (Å²) in [6, 6.07) is 4.98. The van der Waals surface area contributed by atoms with Gasteiger partial charge in [-0.05, 0) is 46.6 Å². The summed E-state index contributed by atoms with van der Waals surface area (Å²) < 4.78 is 0.720. The molecule has 92 valence electrons. The van der Waals surface area contributed by atoms with E-state index in [1.54, 1.807) is 12.3 Å². The number of aryl methyl sites for hydroxylation is 1. The van der Waals surface area contributed by atoms with Crippen molar-refractivity contribution in [3.8, 4) is 0 Å². The molecule has 0 aliphatic carbocycles. The van der Waals surface area contributed by atoms with Gasteiger partial charge in [-0.15, -0.1) is 0 Å². The van der Waals surface area contributed by atoms with E-state index >= 15 is 0 Å². The molecule has 0 atom stereocenters. The van der Waals surface area contributed by atoms with E-state index in [1.165, 1.54) is 12.3 Å². The molecular formula is C12H9BrClN3O. The molecule has 0 unspecified atom stereocenters. The molecule has 0 aliphatic rings. The van der Waals surface area contributed by atoms with E-state index in [4.69, 9.17) is 11.6 Å². The molecule has 0 saturated heterocycles. The van der Waals surface area contributed by atoms with Gasteiger partial charge in [-0.1, -0.05) is 11.6 Å². The molecule has 0 spiro atoms. The monoisotopic (exact) mass is 325 g/mol. The minimum Gasteiger partial charge on any atom is -0.304 e. The quantitative estimate of drug-likeness (QED) is 0.919. The Bertz CT molecular complexity index is 604. The first-order chi connectivity index (χ1) is 8.56. The van der Waals surface area contributed by atoms with Crippen LogP contribution in [0, 0.1) is 6.92 Å². The Kier molecular flexibility index (Phi) is 3.93. The zero-order chi connectivity index (χ0) is 13.1. The van der Waals surface area contributed by atoms with Crippen LogP contribution in [0.3, 0.4) is 0 Å². The zero-order valence-corrected chi connectivity index (χ0v) is 11.8. The maximum Gasteiger partial charge on any atom is 0.275 e. The molecule has 0 bridgehead atoms. The molecule has 0 fully saturated rings. The Morgan fingerprint density at radius 1 is 1.39 bits per heavy atom. The molecule has 1 amide bonds. The average Bonchev–Trinajstić information content (AvgIpc) is 2.32. The fourth-order valence-electron chi connectivity index (χ4n) is 1.33. The molecule has 0 radical (unpaired) electrons. The van der Waals surface area contributed by atoms with Gasteiger partial charge in [-0.2, -0.15) is 0 Å². The minimum absolute atomic E-state index is 0.247. The second kappa shape index (κ2) is 5.46.